The first-order valence-corrected chi connectivity index (χ1v) is 13.1. The second-order valence-electron chi connectivity index (χ2n) is 7.42. The lowest BCUT2D eigenvalue weighted by atomic mass is 10.1. The van der Waals surface area contributed by atoms with Gasteiger partial charge in [-0.05, 0) is 37.3 Å². The van der Waals surface area contributed by atoms with Crippen LogP contribution < -0.4 is 5.43 Å². The molecule has 2 heterocycles. The first-order chi connectivity index (χ1) is 15.1. The topological polar surface area (TPSA) is 84.3 Å². The Bertz CT molecular complexity index is 1280. The number of benzene rings is 2. The number of halogens is 3. The SMILES string of the molecule is Cc1c(C(=O)NN2CCS(=O)(=O)CC2)nn(-c2ccc(Cl)cc2Cl)c1-c1ccc(Br)cc1. The van der Waals surface area contributed by atoms with Gasteiger partial charge in [-0.3, -0.25) is 10.2 Å². The lowest BCUT2D eigenvalue weighted by molar-refractivity contribution is 0.0795. The van der Waals surface area contributed by atoms with E-state index in [1.54, 1.807) is 27.9 Å². The molecule has 1 saturated heterocycles. The summed E-state index contributed by atoms with van der Waals surface area (Å²) < 4.78 is 25.9. The molecule has 4 rings (SSSR count). The predicted molar refractivity (Wildman–Crippen MR) is 129 cm³/mol. The number of rotatable bonds is 4. The third-order valence-electron chi connectivity index (χ3n) is 5.20. The zero-order chi connectivity index (χ0) is 23.0. The molecule has 0 saturated carbocycles. The van der Waals surface area contributed by atoms with Crippen molar-refractivity contribution in [2.45, 2.75) is 6.92 Å². The van der Waals surface area contributed by atoms with Gasteiger partial charge in [-0.15, -0.1) is 0 Å². The van der Waals surface area contributed by atoms with E-state index in [0.717, 1.165) is 10.0 Å². The maximum Gasteiger partial charge on any atom is 0.286 e. The van der Waals surface area contributed by atoms with E-state index in [0.29, 0.717) is 27.0 Å². The van der Waals surface area contributed by atoms with Crippen molar-refractivity contribution in [1.29, 1.82) is 0 Å². The van der Waals surface area contributed by atoms with E-state index >= 15 is 0 Å². The largest absolute Gasteiger partial charge is 0.286 e. The summed E-state index contributed by atoms with van der Waals surface area (Å²) in [5, 5.41) is 7.08. The lowest BCUT2D eigenvalue weighted by Crippen LogP contribution is -2.50. The molecule has 0 bridgehead atoms. The van der Waals surface area contributed by atoms with Crippen LogP contribution in [0.1, 0.15) is 16.1 Å². The van der Waals surface area contributed by atoms with E-state index in [-0.39, 0.29) is 30.3 Å². The van der Waals surface area contributed by atoms with Crippen LogP contribution in [0.25, 0.3) is 16.9 Å². The highest BCUT2D eigenvalue weighted by Gasteiger charge is 2.27. The monoisotopic (exact) mass is 556 g/mol. The normalized spacial score (nSPS) is 16.1. The van der Waals surface area contributed by atoms with E-state index < -0.39 is 15.7 Å². The molecule has 7 nitrogen and oxygen atoms in total. The molecule has 1 aliphatic rings. The molecule has 0 aliphatic carbocycles. The third-order valence-corrected chi connectivity index (χ3v) is 7.87. The van der Waals surface area contributed by atoms with Crippen LogP contribution in [0.4, 0.5) is 0 Å². The first-order valence-electron chi connectivity index (χ1n) is 9.72. The maximum absolute atomic E-state index is 13.1. The van der Waals surface area contributed by atoms with Gasteiger partial charge in [0, 0.05) is 33.7 Å². The summed E-state index contributed by atoms with van der Waals surface area (Å²) in [5.41, 5.74) is 5.83. The van der Waals surface area contributed by atoms with Crippen molar-refractivity contribution in [3.63, 3.8) is 0 Å². The Morgan fingerprint density at radius 3 is 2.38 bits per heavy atom. The van der Waals surface area contributed by atoms with Gasteiger partial charge in [-0.25, -0.2) is 18.1 Å². The average molecular weight is 558 g/mol. The standard InChI is InChI=1S/C21H19BrCl2N4O3S/c1-13-19(21(29)26-27-8-10-32(30,31)11-9-27)25-28(18-7-6-16(23)12-17(18)24)20(13)14-2-4-15(22)5-3-14/h2-7,12H,8-11H2,1H3,(H,26,29). The van der Waals surface area contributed by atoms with Gasteiger partial charge in [-0.2, -0.15) is 5.10 Å². The van der Waals surface area contributed by atoms with Gasteiger partial charge in [-0.1, -0.05) is 51.3 Å². The Hall–Kier alpha value is -1.91. The van der Waals surface area contributed by atoms with Crippen molar-refractivity contribution in [3.8, 4) is 16.9 Å². The van der Waals surface area contributed by atoms with Crippen molar-refractivity contribution >= 4 is 54.9 Å². The smallest absolute Gasteiger partial charge is 0.283 e. The number of nitrogens with zero attached hydrogens (tertiary/aromatic N) is 3. The molecule has 32 heavy (non-hydrogen) atoms. The summed E-state index contributed by atoms with van der Waals surface area (Å²) in [4.78, 5) is 13.1. The number of aromatic nitrogens is 2. The Morgan fingerprint density at radius 2 is 1.75 bits per heavy atom. The van der Waals surface area contributed by atoms with Gasteiger partial charge in [0.05, 0.1) is 27.9 Å². The highest BCUT2D eigenvalue weighted by molar-refractivity contribution is 9.10. The molecule has 11 heteroatoms. The molecule has 0 spiro atoms. The zero-order valence-corrected chi connectivity index (χ0v) is 20.9. The number of sulfone groups is 1. The fourth-order valence-corrected chi connectivity index (χ4v) is 5.46. The van der Waals surface area contributed by atoms with Crippen LogP contribution in [0.5, 0.6) is 0 Å². The minimum atomic E-state index is -3.05. The van der Waals surface area contributed by atoms with Gasteiger partial charge >= 0.3 is 0 Å². The molecule has 168 valence electrons. The van der Waals surface area contributed by atoms with Crippen LogP contribution in [0.15, 0.2) is 46.9 Å². The first kappa shape index (κ1) is 23.3. The van der Waals surface area contributed by atoms with Crippen molar-refractivity contribution in [1.82, 2.24) is 20.2 Å². The molecule has 2 aromatic carbocycles. The van der Waals surface area contributed by atoms with E-state index in [2.05, 4.69) is 26.5 Å². The predicted octanol–water partition coefficient (Wildman–Crippen LogP) is 4.29. The van der Waals surface area contributed by atoms with E-state index in [9.17, 15) is 13.2 Å². The zero-order valence-electron chi connectivity index (χ0n) is 17.0. The van der Waals surface area contributed by atoms with Crippen molar-refractivity contribution in [2.75, 3.05) is 24.6 Å². The molecule has 0 atom stereocenters. The van der Waals surface area contributed by atoms with E-state index in [1.165, 1.54) is 0 Å². The Kier molecular flexibility index (Phi) is 6.65. The summed E-state index contributed by atoms with van der Waals surface area (Å²) in [5.74, 6) is -0.403. The molecular formula is C21H19BrCl2N4O3S. The Labute approximate surface area is 204 Å². The van der Waals surface area contributed by atoms with Gasteiger partial charge < -0.3 is 0 Å². The van der Waals surface area contributed by atoms with E-state index in [4.69, 9.17) is 23.2 Å². The Morgan fingerprint density at radius 1 is 1.09 bits per heavy atom. The summed E-state index contributed by atoms with van der Waals surface area (Å²) in [7, 11) is -3.05. The van der Waals surface area contributed by atoms with Crippen molar-refractivity contribution in [3.05, 3.63) is 68.2 Å². The molecule has 1 aromatic heterocycles. The van der Waals surface area contributed by atoms with Crippen molar-refractivity contribution < 1.29 is 13.2 Å². The second kappa shape index (κ2) is 9.15. The second-order valence-corrected chi connectivity index (χ2v) is 11.5. The van der Waals surface area contributed by atoms with Crippen LogP contribution in [0, 0.1) is 6.92 Å². The van der Waals surface area contributed by atoms with Crippen molar-refractivity contribution in [2.24, 2.45) is 0 Å². The maximum atomic E-state index is 13.1. The highest BCUT2D eigenvalue weighted by atomic mass is 79.9. The number of hydrazine groups is 1. The molecule has 1 N–H and O–H groups in total. The highest BCUT2D eigenvalue weighted by Crippen LogP contribution is 2.33. The van der Waals surface area contributed by atoms with Gasteiger partial charge in [0.1, 0.15) is 0 Å². The number of nitrogens with one attached hydrogen (secondary N) is 1. The molecule has 1 fully saturated rings. The molecule has 0 radical (unpaired) electrons. The fourth-order valence-electron chi connectivity index (χ4n) is 3.51. The summed E-state index contributed by atoms with van der Waals surface area (Å²) in [6, 6.07) is 12.7. The van der Waals surface area contributed by atoms with Crippen LogP contribution in [0.2, 0.25) is 10.0 Å². The van der Waals surface area contributed by atoms with E-state index in [1.807, 2.05) is 31.2 Å². The quantitative estimate of drug-likeness (QED) is 0.517. The summed E-state index contributed by atoms with van der Waals surface area (Å²) in [6.45, 7) is 2.28. The molecule has 0 unspecified atom stereocenters. The number of hydrogen-bond acceptors (Lipinski definition) is 5. The number of hydrogen-bond donors (Lipinski definition) is 1. The average Bonchev–Trinajstić information content (AvgIpc) is 3.07. The van der Waals surface area contributed by atoms with Gasteiger partial charge in [0.15, 0.2) is 15.5 Å². The van der Waals surface area contributed by atoms with Gasteiger partial charge in [0.2, 0.25) is 0 Å². The molecule has 1 aliphatic heterocycles. The van der Waals surface area contributed by atoms with Crippen LogP contribution >= 0.6 is 39.1 Å². The fraction of sp³-hybridized carbons (Fsp3) is 0.238. The third kappa shape index (κ3) is 4.87. The molecule has 3 aromatic rings. The number of carbonyl (C=O) groups excluding carboxylic acids is 1. The minimum Gasteiger partial charge on any atom is -0.283 e. The Balaban J connectivity index is 1.75. The van der Waals surface area contributed by atoms with Crippen LogP contribution in [0.3, 0.4) is 0 Å². The molecule has 1 amide bonds. The van der Waals surface area contributed by atoms with Crippen LogP contribution in [-0.4, -0.2) is 53.7 Å². The summed E-state index contributed by atoms with van der Waals surface area (Å²) >= 11 is 16.0. The lowest BCUT2D eigenvalue weighted by Gasteiger charge is -2.26. The molecular weight excluding hydrogens is 539 g/mol. The number of carbonyl (C=O) groups is 1. The minimum absolute atomic E-state index is 0.00519. The summed E-state index contributed by atoms with van der Waals surface area (Å²) in [6.07, 6.45) is 0. The number of amides is 1. The van der Waals surface area contributed by atoms with Gasteiger partial charge in [0.25, 0.3) is 5.91 Å². The van der Waals surface area contributed by atoms with Crippen LogP contribution in [-0.2, 0) is 9.84 Å².